The summed E-state index contributed by atoms with van der Waals surface area (Å²) in [6.07, 6.45) is 1.65. The fraction of sp³-hybridized carbons (Fsp3) is 0.667. The maximum Gasteiger partial charge on any atom is 0.416 e. The highest BCUT2D eigenvalue weighted by Gasteiger charge is 2.50. The van der Waals surface area contributed by atoms with Crippen LogP contribution in [0.5, 0.6) is 0 Å². The molecule has 5 atom stereocenters. The molecule has 0 aromatic heterocycles. The van der Waals surface area contributed by atoms with Gasteiger partial charge in [-0.05, 0) is 67.9 Å². The summed E-state index contributed by atoms with van der Waals surface area (Å²) in [5.41, 5.74) is -0.314. The van der Waals surface area contributed by atoms with Gasteiger partial charge in [0.15, 0.2) is 0 Å². The van der Waals surface area contributed by atoms with E-state index in [0.717, 1.165) is 38.5 Å². The average molecular weight is 513 g/mol. The minimum Gasteiger partial charge on any atom is -0.393 e. The lowest BCUT2D eigenvalue weighted by molar-refractivity contribution is -0.145. The summed E-state index contributed by atoms with van der Waals surface area (Å²) < 4.78 is 41.4. The van der Waals surface area contributed by atoms with Gasteiger partial charge in [-0.2, -0.15) is 13.2 Å². The van der Waals surface area contributed by atoms with E-state index in [1.165, 1.54) is 15.9 Å². The van der Waals surface area contributed by atoms with E-state index in [-0.39, 0.29) is 41.4 Å². The summed E-state index contributed by atoms with van der Waals surface area (Å²) in [4.78, 5) is 30.7. The van der Waals surface area contributed by atoms with Crippen LogP contribution in [0.15, 0.2) is 34.3 Å². The molecule has 6 rings (SSSR count). The molecule has 3 aliphatic heterocycles. The molecule has 2 amide bonds. The van der Waals surface area contributed by atoms with Gasteiger partial charge in [-0.15, -0.1) is 0 Å². The number of hydrogen-bond donors (Lipinski definition) is 2. The van der Waals surface area contributed by atoms with Crippen molar-refractivity contribution in [3.63, 3.8) is 0 Å². The fourth-order valence-corrected chi connectivity index (χ4v) is 6.84. The fourth-order valence-electron chi connectivity index (χ4n) is 6.56. The van der Waals surface area contributed by atoms with Crippen LogP contribution in [0.1, 0.15) is 38.5 Å². The van der Waals surface area contributed by atoms with Gasteiger partial charge in [-0.1, -0.05) is 11.6 Å². The second kappa shape index (κ2) is 8.16. The number of carbonyl (C=O) groups excluding carboxylic acids is 2. The second-order valence-electron chi connectivity index (χ2n) is 10.7. The highest BCUT2D eigenvalue weighted by Crippen LogP contribution is 2.47. The van der Waals surface area contributed by atoms with Gasteiger partial charge in [0.05, 0.1) is 11.7 Å². The van der Waals surface area contributed by atoms with Gasteiger partial charge in [0.1, 0.15) is 23.6 Å². The SMILES string of the molecule is O=C(C1=C(Cl)N2C=C(C3CC3)C=C(C(F)(F)F)C2N1)N1CCN(C2C[C@H]3CC(O)C[C@H]3C2)C(=O)C1. The standard InChI is InChI=1S/C24H28ClF3N4O3/c25-21-20(29-22-18(24(26,27)28)9-15(10-32(21)22)12-1-2-12)23(35)30-3-4-31(19(34)11-30)16-5-13-7-17(33)8-14(13)6-16/h9-10,12-14,16-17,22,29,33H,1-8,11H2/t13-,14+,16?,17?,22?. The number of alkyl halides is 3. The number of fused-ring (bicyclic) bond motifs is 2. The molecule has 0 bridgehead atoms. The molecule has 3 aliphatic carbocycles. The van der Waals surface area contributed by atoms with E-state index in [1.807, 2.05) is 4.90 Å². The van der Waals surface area contributed by atoms with Crippen LogP contribution in [-0.2, 0) is 9.59 Å². The van der Waals surface area contributed by atoms with Crippen molar-refractivity contribution in [2.75, 3.05) is 19.6 Å². The summed E-state index contributed by atoms with van der Waals surface area (Å²) in [7, 11) is 0. The molecule has 0 spiro atoms. The highest BCUT2D eigenvalue weighted by molar-refractivity contribution is 6.32. The van der Waals surface area contributed by atoms with Crippen molar-refractivity contribution >= 4 is 23.4 Å². The van der Waals surface area contributed by atoms with Crippen molar-refractivity contribution in [3.8, 4) is 0 Å². The average Bonchev–Trinajstić information content (AvgIpc) is 3.38. The van der Waals surface area contributed by atoms with Crippen molar-refractivity contribution in [2.45, 2.75) is 63.0 Å². The van der Waals surface area contributed by atoms with Gasteiger partial charge in [0.25, 0.3) is 5.91 Å². The van der Waals surface area contributed by atoms with Gasteiger partial charge in [0.2, 0.25) is 5.91 Å². The van der Waals surface area contributed by atoms with Crippen molar-refractivity contribution in [1.82, 2.24) is 20.0 Å². The lowest BCUT2D eigenvalue weighted by Gasteiger charge is -2.38. The Bertz CT molecular complexity index is 1040. The number of carbonyl (C=O) groups is 2. The molecular weight excluding hydrogens is 485 g/mol. The number of aliphatic hydroxyl groups is 1. The lowest BCUT2D eigenvalue weighted by atomic mass is 10.0. The molecule has 6 aliphatic rings. The normalized spacial score (nSPS) is 35.2. The molecule has 190 valence electrons. The summed E-state index contributed by atoms with van der Waals surface area (Å²) in [6, 6.07) is 0.120. The van der Waals surface area contributed by atoms with Crippen LogP contribution in [0.3, 0.4) is 0 Å². The van der Waals surface area contributed by atoms with E-state index in [0.29, 0.717) is 30.5 Å². The maximum atomic E-state index is 13.8. The third kappa shape index (κ3) is 4.02. The predicted octanol–water partition coefficient (Wildman–Crippen LogP) is 2.64. The molecule has 4 fully saturated rings. The van der Waals surface area contributed by atoms with Gasteiger partial charge in [-0.3, -0.25) is 9.59 Å². The largest absolute Gasteiger partial charge is 0.416 e. The topological polar surface area (TPSA) is 76.1 Å². The molecule has 35 heavy (non-hydrogen) atoms. The van der Waals surface area contributed by atoms with Crippen LogP contribution in [0.2, 0.25) is 0 Å². The first-order chi connectivity index (χ1) is 16.6. The van der Waals surface area contributed by atoms with Gasteiger partial charge in [0, 0.05) is 25.3 Å². The summed E-state index contributed by atoms with van der Waals surface area (Å²) in [6.45, 7) is 0.553. The van der Waals surface area contributed by atoms with Crippen LogP contribution in [0, 0.1) is 17.8 Å². The number of amides is 2. The highest BCUT2D eigenvalue weighted by atomic mass is 35.5. The Kier molecular flexibility index (Phi) is 5.41. The molecule has 0 radical (unpaired) electrons. The number of rotatable bonds is 3. The number of allylic oxidation sites excluding steroid dienone is 2. The third-order valence-corrected chi connectivity index (χ3v) is 8.82. The molecule has 11 heteroatoms. The number of nitrogens with one attached hydrogen (secondary N) is 1. The second-order valence-corrected chi connectivity index (χ2v) is 11.1. The zero-order valence-electron chi connectivity index (χ0n) is 19.1. The smallest absolute Gasteiger partial charge is 0.393 e. The van der Waals surface area contributed by atoms with Crippen molar-refractivity contribution in [1.29, 1.82) is 0 Å². The first-order valence-corrected chi connectivity index (χ1v) is 12.7. The number of nitrogens with zero attached hydrogens (tertiary/aromatic N) is 3. The maximum absolute atomic E-state index is 13.8. The molecule has 7 nitrogen and oxygen atoms in total. The Morgan fingerprint density at radius 2 is 1.80 bits per heavy atom. The van der Waals surface area contributed by atoms with Crippen molar-refractivity contribution < 1.29 is 27.9 Å². The molecule has 2 N–H and O–H groups in total. The molecule has 3 heterocycles. The molecular formula is C24H28ClF3N4O3. The van der Waals surface area contributed by atoms with E-state index < -0.39 is 23.8 Å². The first-order valence-electron chi connectivity index (χ1n) is 12.3. The lowest BCUT2D eigenvalue weighted by Crippen LogP contribution is -2.56. The van der Waals surface area contributed by atoms with E-state index in [1.54, 1.807) is 6.20 Å². The number of halogens is 4. The van der Waals surface area contributed by atoms with Gasteiger partial charge < -0.3 is 25.1 Å². The monoisotopic (exact) mass is 512 g/mol. The van der Waals surface area contributed by atoms with Crippen LogP contribution in [0.4, 0.5) is 13.2 Å². The van der Waals surface area contributed by atoms with Crippen molar-refractivity contribution in [3.05, 3.63) is 34.3 Å². The Labute approximate surface area is 206 Å². The Morgan fingerprint density at radius 3 is 2.40 bits per heavy atom. The number of hydrogen-bond acceptors (Lipinski definition) is 5. The first kappa shape index (κ1) is 23.2. The number of piperazine rings is 1. The Hall–Kier alpha value is -2.20. The minimum atomic E-state index is -4.57. The van der Waals surface area contributed by atoms with E-state index >= 15 is 0 Å². The molecule has 0 aromatic rings. The summed E-state index contributed by atoms with van der Waals surface area (Å²) in [5.74, 6) is 0.245. The van der Waals surface area contributed by atoms with E-state index in [2.05, 4.69) is 5.32 Å². The Balaban J connectivity index is 1.15. The summed E-state index contributed by atoms with van der Waals surface area (Å²) in [5, 5.41) is 12.5. The summed E-state index contributed by atoms with van der Waals surface area (Å²) >= 11 is 6.45. The number of aliphatic hydroxyl groups excluding tert-OH is 1. The third-order valence-electron chi connectivity index (χ3n) is 8.44. The molecule has 0 aromatic carbocycles. The molecule has 3 unspecified atom stereocenters. The quantitative estimate of drug-likeness (QED) is 0.569. The van der Waals surface area contributed by atoms with Gasteiger partial charge >= 0.3 is 6.18 Å². The van der Waals surface area contributed by atoms with E-state index in [4.69, 9.17) is 11.6 Å². The van der Waals surface area contributed by atoms with Gasteiger partial charge in [-0.25, -0.2) is 0 Å². The molecule has 3 saturated carbocycles. The minimum absolute atomic E-state index is 0.0787. The van der Waals surface area contributed by atoms with Crippen LogP contribution in [-0.4, -0.2) is 75.7 Å². The van der Waals surface area contributed by atoms with Crippen LogP contribution in [0.25, 0.3) is 0 Å². The van der Waals surface area contributed by atoms with Crippen LogP contribution >= 0.6 is 11.6 Å². The van der Waals surface area contributed by atoms with E-state index in [9.17, 15) is 27.9 Å². The zero-order valence-corrected chi connectivity index (χ0v) is 19.9. The van der Waals surface area contributed by atoms with Crippen molar-refractivity contribution in [2.24, 2.45) is 17.8 Å². The zero-order chi connectivity index (χ0) is 24.6. The predicted molar refractivity (Wildman–Crippen MR) is 120 cm³/mol. The van der Waals surface area contributed by atoms with Crippen LogP contribution < -0.4 is 5.32 Å². The molecule has 1 saturated heterocycles. The Morgan fingerprint density at radius 1 is 1.11 bits per heavy atom.